The molecule has 21 heavy (non-hydrogen) atoms. The molecule has 0 bridgehead atoms. The summed E-state index contributed by atoms with van der Waals surface area (Å²) in [7, 11) is 0. The Morgan fingerprint density at radius 3 is 2.48 bits per heavy atom. The van der Waals surface area contributed by atoms with Crippen molar-refractivity contribution in [1.82, 2.24) is 19.6 Å². The van der Waals surface area contributed by atoms with Crippen LogP contribution in [0.5, 0.6) is 0 Å². The number of aryl methyl sites for hydroxylation is 2. The normalized spacial score (nSPS) is 18.6. The molecule has 6 heteroatoms. The maximum Gasteiger partial charge on any atom is 0.0950 e. The number of rotatable bonds is 5. The smallest absolute Gasteiger partial charge is 0.0950 e. The summed E-state index contributed by atoms with van der Waals surface area (Å²) in [5.74, 6) is 0. The van der Waals surface area contributed by atoms with E-state index in [1.165, 1.54) is 10.2 Å². The summed E-state index contributed by atoms with van der Waals surface area (Å²) < 4.78 is 3.27. The van der Waals surface area contributed by atoms with Crippen molar-refractivity contribution in [3.05, 3.63) is 15.9 Å². The molecule has 1 atom stereocenters. The van der Waals surface area contributed by atoms with Crippen LogP contribution < -0.4 is 0 Å². The fourth-order valence-corrected chi connectivity index (χ4v) is 3.46. The van der Waals surface area contributed by atoms with E-state index < -0.39 is 0 Å². The van der Waals surface area contributed by atoms with E-state index in [9.17, 15) is 0 Å². The van der Waals surface area contributed by atoms with E-state index in [0.29, 0.717) is 0 Å². The molecule has 116 valence electrons. The van der Waals surface area contributed by atoms with Crippen LogP contribution in [0.25, 0.3) is 0 Å². The van der Waals surface area contributed by atoms with Crippen LogP contribution in [-0.2, 0) is 19.5 Å². The molecular formula is C15H24BrN5. The largest absolute Gasteiger partial charge is 0.295 e. The number of nitrogens with zero attached hydrogens (tertiary/aromatic N) is 5. The second-order valence-corrected chi connectivity index (χ2v) is 6.29. The third kappa shape index (κ3) is 3.65. The fraction of sp³-hybridized carbons (Fsp3) is 0.733. The first-order valence-electron chi connectivity index (χ1n) is 7.70. The van der Waals surface area contributed by atoms with E-state index in [4.69, 9.17) is 5.26 Å². The Bertz CT molecular complexity index is 511. The lowest BCUT2D eigenvalue weighted by Gasteiger charge is -2.35. The lowest BCUT2D eigenvalue weighted by atomic mass is 10.2. The van der Waals surface area contributed by atoms with E-state index in [-0.39, 0.29) is 6.04 Å². The van der Waals surface area contributed by atoms with Gasteiger partial charge in [-0.15, -0.1) is 0 Å². The second kappa shape index (κ2) is 7.39. The summed E-state index contributed by atoms with van der Waals surface area (Å²) in [6, 6.07) is 2.34. The van der Waals surface area contributed by atoms with Crippen molar-refractivity contribution < 1.29 is 0 Å². The maximum atomic E-state index is 9.00. The Labute approximate surface area is 135 Å². The molecule has 0 saturated carbocycles. The van der Waals surface area contributed by atoms with E-state index in [2.05, 4.69) is 55.4 Å². The molecule has 0 N–H and O–H groups in total. The molecule has 0 radical (unpaired) electrons. The molecule has 0 aromatic carbocycles. The van der Waals surface area contributed by atoms with Gasteiger partial charge >= 0.3 is 0 Å². The van der Waals surface area contributed by atoms with Gasteiger partial charge in [0.25, 0.3) is 0 Å². The predicted molar refractivity (Wildman–Crippen MR) is 86.9 cm³/mol. The van der Waals surface area contributed by atoms with Crippen LogP contribution >= 0.6 is 15.9 Å². The Hall–Kier alpha value is -0.900. The van der Waals surface area contributed by atoms with Crippen molar-refractivity contribution in [3.63, 3.8) is 0 Å². The highest BCUT2D eigenvalue weighted by atomic mass is 79.9. The molecular weight excluding hydrogens is 330 g/mol. The standard InChI is InChI=1S/C15H24BrN5/c1-4-13-15(16)14(21(5-2)18-13)11-19-6-8-20(9-7-19)12(3)10-17/h12H,4-9,11H2,1-3H3. The molecule has 0 spiro atoms. The maximum absolute atomic E-state index is 9.00. The number of nitriles is 1. The highest BCUT2D eigenvalue weighted by Gasteiger charge is 2.23. The fourth-order valence-electron chi connectivity index (χ4n) is 2.77. The quantitative estimate of drug-likeness (QED) is 0.814. The predicted octanol–water partition coefficient (Wildman–Crippen LogP) is 2.26. The molecule has 1 saturated heterocycles. The van der Waals surface area contributed by atoms with Crippen LogP contribution in [0.1, 0.15) is 32.2 Å². The molecule has 1 aromatic heterocycles. The molecule has 0 aliphatic carbocycles. The summed E-state index contributed by atoms with van der Waals surface area (Å²) >= 11 is 3.71. The number of aromatic nitrogens is 2. The van der Waals surface area contributed by atoms with Gasteiger partial charge in [0.15, 0.2) is 0 Å². The van der Waals surface area contributed by atoms with Gasteiger partial charge in [0.1, 0.15) is 0 Å². The zero-order valence-corrected chi connectivity index (χ0v) is 14.7. The Morgan fingerprint density at radius 2 is 1.95 bits per heavy atom. The minimum Gasteiger partial charge on any atom is -0.295 e. The zero-order chi connectivity index (χ0) is 15.4. The lowest BCUT2D eigenvalue weighted by Crippen LogP contribution is -2.49. The van der Waals surface area contributed by atoms with E-state index in [1.807, 2.05) is 6.92 Å². The number of hydrogen-bond donors (Lipinski definition) is 0. The van der Waals surface area contributed by atoms with Crippen molar-refractivity contribution in [1.29, 1.82) is 5.26 Å². The van der Waals surface area contributed by atoms with Crippen LogP contribution in [0.3, 0.4) is 0 Å². The summed E-state index contributed by atoms with van der Waals surface area (Å²) in [5, 5.41) is 13.7. The number of hydrogen-bond acceptors (Lipinski definition) is 4. The van der Waals surface area contributed by atoms with Gasteiger partial charge in [-0.2, -0.15) is 10.4 Å². The summed E-state index contributed by atoms with van der Waals surface area (Å²) in [6.07, 6.45) is 0.952. The van der Waals surface area contributed by atoms with Gasteiger partial charge in [0.05, 0.1) is 28.0 Å². The van der Waals surface area contributed by atoms with Crippen molar-refractivity contribution in [2.24, 2.45) is 0 Å². The van der Waals surface area contributed by atoms with Crippen LogP contribution in [0.2, 0.25) is 0 Å². The Balaban J connectivity index is 2.01. The lowest BCUT2D eigenvalue weighted by molar-refractivity contribution is 0.112. The minimum atomic E-state index is 0.0201. The second-order valence-electron chi connectivity index (χ2n) is 5.49. The number of halogens is 1. The Morgan fingerprint density at radius 1 is 1.29 bits per heavy atom. The first kappa shape index (κ1) is 16.5. The van der Waals surface area contributed by atoms with E-state index in [1.54, 1.807) is 0 Å². The molecule has 0 amide bonds. The zero-order valence-electron chi connectivity index (χ0n) is 13.1. The summed E-state index contributed by atoms with van der Waals surface area (Å²) in [4.78, 5) is 4.70. The van der Waals surface area contributed by atoms with Gasteiger partial charge in [0.2, 0.25) is 0 Å². The topological polar surface area (TPSA) is 48.1 Å². The van der Waals surface area contributed by atoms with Crippen LogP contribution in [0.4, 0.5) is 0 Å². The summed E-state index contributed by atoms with van der Waals surface area (Å²) in [6.45, 7) is 12.0. The van der Waals surface area contributed by atoms with Crippen LogP contribution in [0, 0.1) is 11.3 Å². The van der Waals surface area contributed by atoms with Gasteiger partial charge in [-0.25, -0.2) is 0 Å². The average Bonchev–Trinajstić information content (AvgIpc) is 2.83. The first-order chi connectivity index (χ1) is 10.1. The molecule has 2 rings (SSSR count). The van der Waals surface area contributed by atoms with Gasteiger partial charge in [-0.3, -0.25) is 14.5 Å². The van der Waals surface area contributed by atoms with Gasteiger partial charge in [0, 0.05) is 39.3 Å². The SMILES string of the molecule is CCc1nn(CC)c(CN2CCN(C(C)C#N)CC2)c1Br. The van der Waals surface area contributed by atoms with Crippen molar-refractivity contribution >= 4 is 15.9 Å². The summed E-state index contributed by atoms with van der Waals surface area (Å²) in [5.41, 5.74) is 2.42. The molecule has 1 aliphatic heterocycles. The van der Waals surface area contributed by atoms with Gasteiger partial charge in [-0.1, -0.05) is 6.92 Å². The average molecular weight is 354 g/mol. The van der Waals surface area contributed by atoms with Crippen molar-refractivity contribution in [2.75, 3.05) is 26.2 Å². The monoisotopic (exact) mass is 353 g/mol. The van der Waals surface area contributed by atoms with E-state index in [0.717, 1.165) is 51.4 Å². The van der Waals surface area contributed by atoms with Crippen molar-refractivity contribution in [3.8, 4) is 6.07 Å². The van der Waals surface area contributed by atoms with Gasteiger partial charge in [-0.05, 0) is 36.2 Å². The third-order valence-electron chi connectivity index (χ3n) is 4.21. The van der Waals surface area contributed by atoms with Gasteiger partial charge < -0.3 is 0 Å². The van der Waals surface area contributed by atoms with Crippen LogP contribution in [-0.4, -0.2) is 51.8 Å². The minimum absolute atomic E-state index is 0.0201. The molecule has 1 unspecified atom stereocenters. The molecule has 1 aliphatic rings. The molecule has 5 nitrogen and oxygen atoms in total. The highest BCUT2D eigenvalue weighted by Crippen LogP contribution is 2.24. The number of piperazine rings is 1. The van der Waals surface area contributed by atoms with Crippen molar-refractivity contribution in [2.45, 2.75) is 46.3 Å². The van der Waals surface area contributed by atoms with Crippen LogP contribution in [0.15, 0.2) is 4.47 Å². The molecule has 1 aromatic rings. The molecule has 2 heterocycles. The third-order valence-corrected chi connectivity index (χ3v) is 5.12. The van der Waals surface area contributed by atoms with E-state index >= 15 is 0 Å². The Kier molecular flexibility index (Phi) is 5.80. The highest BCUT2D eigenvalue weighted by molar-refractivity contribution is 9.10. The molecule has 1 fully saturated rings. The first-order valence-corrected chi connectivity index (χ1v) is 8.50.